The van der Waals surface area contributed by atoms with Crippen LogP contribution in [-0.2, 0) is 14.8 Å². The van der Waals surface area contributed by atoms with E-state index in [2.05, 4.69) is 5.32 Å². The molecule has 1 aliphatic heterocycles. The number of carbonyl (C=O) groups excluding carboxylic acids is 1. The van der Waals surface area contributed by atoms with E-state index in [4.69, 9.17) is 5.73 Å². The van der Waals surface area contributed by atoms with Crippen molar-refractivity contribution in [3.63, 3.8) is 0 Å². The zero-order valence-electron chi connectivity index (χ0n) is 12.2. The van der Waals surface area contributed by atoms with Crippen LogP contribution in [0, 0.1) is 0 Å². The lowest BCUT2D eigenvalue weighted by Crippen LogP contribution is -2.55. The molecule has 1 aromatic carbocycles. The number of carbonyl (C=O) groups is 1. The quantitative estimate of drug-likeness (QED) is 0.852. The lowest BCUT2D eigenvalue weighted by molar-refractivity contribution is -0.126. The second-order valence-electron chi connectivity index (χ2n) is 5.17. The Hall–Kier alpha value is -1.44. The van der Waals surface area contributed by atoms with Crippen LogP contribution in [0.3, 0.4) is 0 Å². The number of sulfonamides is 1. The number of hydrogen-bond donors (Lipinski definition) is 2. The normalized spacial score (nSPS) is 21.9. The maximum atomic E-state index is 12.7. The fourth-order valence-corrected chi connectivity index (χ4v) is 4.02. The lowest BCUT2D eigenvalue weighted by Gasteiger charge is -2.31. The molecule has 2 atom stereocenters. The third-order valence-electron chi connectivity index (χ3n) is 3.78. The number of nitrogens with two attached hydrogens (primary N) is 1. The van der Waals surface area contributed by atoms with E-state index in [1.807, 2.05) is 13.0 Å². The van der Waals surface area contributed by atoms with Crippen molar-refractivity contribution in [1.29, 1.82) is 0 Å². The van der Waals surface area contributed by atoms with Crippen molar-refractivity contribution in [1.82, 2.24) is 9.62 Å². The van der Waals surface area contributed by atoms with Crippen molar-refractivity contribution in [2.75, 3.05) is 13.1 Å². The average molecular weight is 311 g/mol. The fraction of sp³-hybridized carbons (Fsp3) is 0.500. The van der Waals surface area contributed by atoms with Crippen molar-refractivity contribution in [2.45, 2.75) is 37.2 Å². The van der Waals surface area contributed by atoms with Gasteiger partial charge in [0.05, 0.1) is 4.90 Å². The van der Waals surface area contributed by atoms with Gasteiger partial charge in [0, 0.05) is 19.1 Å². The Morgan fingerprint density at radius 2 is 2.19 bits per heavy atom. The van der Waals surface area contributed by atoms with Gasteiger partial charge < -0.3 is 11.1 Å². The van der Waals surface area contributed by atoms with Gasteiger partial charge >= 0.3 is 0 Å². The molecular formula is C14H21N3O3S. The highest BCUT2D eigenvalue weighted by Gasteiger charge is 2.35. The summed E-state index contributed by atoms with van der Waals surface area (Å²) in [5.41, 5.74) is 6.75. The highest BCUT2D eigenvalue weighted by Crippen LogP contribution is 2.23. The molecule has 0 spiro atoms. The Kier molecular flexibility index (Phi) is 4.65. The van der Waals surface area contributed by atoms with Gasteiger partial charge in [-0.3, -0.25) is 4.79 Å². The van der Waals surface area contributed by atoms with Gasteiger partial charge in [-0.2, -0.15) is 4.31 Å². The van der Waals surface area contributed by atoms with E-state index in [1.165, 1.54) is 4.31 Å². The zero-order chi connectivity index (χ0) is 15.6. The number of piperazine rings is 1. The van der Waals surface area contributed by atoms with Gasteiger partial charge in [0.25, 0.3) is 0 Å². The van der Waals surface area contributed by atoms with Gasteiger partial charge in [-0.05, 0) is 31.0 Å². The van der Waals surface area contributed by atoms with Crippen molar-refractivity contribution in [3.05, 3.63) is 29.8 Å². The molecule has 21 heavy (non-hydrogen) atoms. The molecule has 0 saturated carbocycles. The van der Waals surface area contributed by atoms with E-state index in [-0.39, 0.29) is 23.4 Å². The molecule has 2 rings (SSSR count). The number of nitrogens with one attached hydrogen (secondary N) is 1. The average Bonchev–Trinajstić information content (AvgIpc) is 2.49. The third-order valence-corrected chi connectivity index (χ3v) is 5.74. The monoisotopic (exact) mass is 311 g/mol. The zero-order valence-corrected chi connectivity index (χ0v) is 13.1. The molecule has 0 aromatic heterocycles. The Balaban J connectivity index is 2.37. The SMILES string of the molecule is CCC(N)c1cccc(S(=O)(=O)N2CCNC(=O)C2C)c1. The maximum Gasteiger partial charge on any atom is 0.243 e. The molecule has 0 bridgehead atoms. The molecular weight excluding hydrogens is 290 g/mol. The van der Waals surface area contributed by atoms with Crippen molar-refractivity contribution in [2.24, 2.45) is 5.73 Å². The van der Waals surface area contributed by atoms with E-state index in [0.29, 0.717) is 6.54 Å². The highest BCUT2D eigenvalue weighted by molar-refractivity contribution is 7.89. The Morgan fingerprint density at radius 3 is 2.86 bits per heavy atom. The van der Waals surface area contributed by atoms with Gasteiger partial charge in [0.15, 0.2) is 0 Å². The van der Waals surface area contributed by atoms with E-state index >= 15 is 0 Å². The van der Waals surface area contributed by atoms with Crippen LogP contribution in [0.1, 0.15) is 31.9 Å². The summed E-state index contributed by atoms with van der Waals surface area (Å²) >= 11 is 0. The van der Waals surface area contributed by atoms with E-state index in [9.17, 15) is 13.2 Å². The standard InChI is InChI=1S/C14H21N3O3S/c1-3-13(15)11-5-4-6-12(9-11)21(19,20)17-8-7-16-14(18)10(17)2/h4-6,9-10,13H,3,7-8,15H2,1-2H3,(H,16,18). The largest absolute Gasteiger partial charge is 0.353 e. The van der Waals surface area contributed by atoms with E-state index < -0.39 is 16.1 Å². The molecule has 6 nitrogen and oxygen atoms in total. The van der Waals surface area contributed by atoms with Crippen LogP contribution >= 0.6 is 0 Å². The lowest BCUT2D eigenvalue weighted by atomic mass is 10.1. The Labute approximate surface area is 125 Å². The molecule has 1 saturated heterocycles. The first-order chi connectivity index (χ1) is 9.87. The van der Waals surface area contributed by atoms with Crippen LogP contribution in [0.4, 0.5) is 0 Å². The van der Waals surface area contributed by atoms with Gasteiger partial charge in [-0.25, -0.2) is 8.42 Å². The summed E-state index contributed by atoms with van der Waals surface area (Å²) in [6.45, 7) is 4.15. The topological polar surface area (TPSA) is 92.5 Å². The van der Waals surface area contributed by atoms with Crippen LogP contribution in [0.2, 0.25) is 0 Å². The minimum Gasteiger partial charge on any atom is -0.353 e. The smallest absolute Gasteiger partial charge is 0.243 e. The number of nitrogens with zero attached hydrogens (tertiary/aromatic N) is 1. The number of benzene rings is 1. The van der Waals surface area contributed by atoms with Crippen molar-refractivity contribution < 1.29 is 13.2 Å². The molecule has 1 aliphatic rings. The molecule has 116 valence electrons. The van der Waals surface area contributed by atoms with Crippen LogP contribution in [0.5, 0.6) is 0 Å². The second-order valence-corrected chi connectivity index (χ2v) is 7.06. The minimum atomic E-state index is -3.69. The van der Waals surface area contributed by atoms with Crippen LogP contribution in [-0.4, -0.2) is 37.8 Å². The van der Waals surface area contributed by atoms with Gasteiger partial charge in [0.1, 0.15) is 6.04 Å². The van der Waals surface area contributed by atoms with Gasteiger partial charge in [-0.15, -0.1) is 0 Å². The molecule has 1 aromatic rings. The van der Waals surface area contributed by atoms with Gasteiger partial charge in [-0.1, -0.05) is 19.1 Å². The van der Waals surface area contributed by atoms with Crippen LogP contribution < -0.4 is 11.1 Å². The molecule has 0 aliphatic carbocycles. The molecule has 0 radical (unpaired) electrons. The maximum absolute atomic E-state index is 12.7. The molecule has 1 heterocycles. The van der Waals surface area contributed by atoms with Gasteiger partial charge in [0.2, 0.25) is 15.9 Å². The first-order valence-electron chi connectivity index (χ1n) is 7.03. The highest BCUT2D eigenvalue weighted by atomic mass is 32.2. The summed E-state index contributed by atoms with van der Waals surface area (Å²) in [6.07, 6.45) is 0.728. The third kappa shape index (κ3) is 3.09. The first-order valence-corrected chi connectivity index (χ1v) is 8.47. The number of amides is 1. The molecule has 1 fully saturated rings. The molecule has 1 amide bonds. The van der Waals surface area contributed by atoms with E-state index in [0.717, 1.165) is 12.0 Å². The van der Waals surface area contributed by atoms with Crippen molar-refractivity contribution in [3.8, 4) is 0 Å². The summed E-state index contributed by atoms with van der Waals surface area (Å²) < 4.78 is 26.7. The van der Waals surface area contributed by atoms with Crippen LogP contribution in [0.15, 0.2) is 29.2 Å². The second kappa shape index (κ2) is 6.13. The van der Waals surface area contributed by atoms with Crippen LogP contribution in [0.25, 0.3) is 0 Å². The summed E-state index contributed by atoms with van der Waals surface area (Å²) in [4.78, 5) is 11.9. The molecule has 7 heteroatoms. The Bertz CT molecular complexity index is 630. The summed E-state index contributed by atoms with van der Waals surface area (Å²) in [7, 11) is -3.69. The summed E-state index contributed by atoms with van der Waals surface area (Å²) in [6, 6.07) is 5.75. The number of rotatable bonds is 4. The van der Waals surface area contributed by atoms with Crippen molar-refractivity contribution >= 4 is 15.9 Å². The summed E-state index contributed by atoms with van der Waals surface area (Å²) in [5, 5.41) is 2.66. The molecule has 2 unspecified atom stereocenters. The minimum absolute atomic E-state index is 0.186. The predicted molar refractivity (Wildman–Crippen MR) is 80.0 cm³/mol. The van der Waals surface area contributed by atoms with E-state index in [1.54, 1.807) is 25.1 Å². The first kappa shape index (κ1) is 15.9. The fourth-order valence-electron chi connectivity index (χ4n) is 2.37. The Morgan fingerprint density at radius 1 is 1.48 bits per heavy atom. The summed E-state index contributed by atoms with van der Waals surface area (Å²) in [5.74, 6) is -0.272. The predicted octanol–water partition coefficient (Wildman–Crippen LogP) is 0.605. The molecule has 3 N–H and O–H groups in total. The number of hydrogen-bond acceptors (Lipinski definition) is 4.